The van der Waals surface area contributed by atoms with Gasteiger partial charge in [0.2, 0.25) is 0 Å². The van der Waals surface area contributed by atoms with E-state index in [0.717, 1.165) is 10.0 Å². The van der Waals surface area contributed by atoms with E-state index >= 15 is 0 Å². The van der Waals surface area contributed by atoms with Gasteiger partial charge in [0.05, 0.1) is 0 Å². The van der Waals surface area contributed by atoms with E-state index in [1.807, 2.05) is 24.3 Å². The number of benzene rings is 1. The zero-order valence-electron chi connectivity index (χ0n) is 9.72. The van der Waals surface area contributed by atoms with Gasteiger partial charge in [-0.15, -0.1) is 0 Å². The smallest absolute Gasteiger partial charge is 0.319 e. The van der Waals surface area contributed by atoms with E-state index in [4.69, 9.17) is 5.11 Å². The number of hydrogen-bond donors (Lipinski definition) is 1. The van der Waals surface area contributed by atoms with Crippen LogP contribution >= 0.6 is 15.9 Å². The molecule has 0 aliphatic heterocycles. The monoisotopic (exact) mass is 318 g/mol. The van der Waals surface area contributed by atoms with Crippen LogP contribution in [-0.2, 0) is 21.3 Å². The van der Waals surface area contributed by atoms with Gasteiger partial charge in [0.25, 0.3) is 0 Å². The van der Waals surface area contributed by atoms with Gasteiger partial charge in [-0.2, -0.15) is 0 Å². The molecule has 0 saturated carbocycles. The molecule has 0 fully saturated rings. The predicted molar refractivity (Wildman–Crippen MR) is 72.3 cm³/mol. The SMILES string of the molecule is CC(C)C(C(=O)O)S(=O)Cc1ccc(Br)cc1. The van der Waals surface area contributed by atoms with Crippen molar-refractivity contribution in [3.05, 3.63) is 34.3 Å². The fourth-order valence-electron chi connectivity index (χ4n) is 1.54. The fraction of sp³-hybridized carbons (Fsp3) is 0.417. The Bertz CT molecular complexity index is 414. The molecule has 2 unspecified atom stereocenters. The third kappa shape index (κ3) is 4.24. The highest BCUT2D eigenvalue weighted by Gasteiger charge is 2.27. The Balaban J connectivity index is 2.77. The summed E-state index contributed by atoms with van der Waals surface area (Å²) in [5.41, 5.74) is 0.887. The molecule has 0 radical (unpaired) electrons. The zero-order valence-corrected chi connectivity index (χ0v) is 12.1. The zero-order chi connectivity index (χ0) is 13.0. The van der Waals surface area contributed by atoms with Gasteiger partial charge in [-0.3, -0.25) is 9.00 Å². The molecule has 5 heteroatoms. The maximum Gasteiger partial charge on any atom is 0.319 e. The van der Waals surface area contributed by atoms with Gasteiger partial charge in [0.1, 0.15) is 5.25 Å². The lowest BCUT2D eigenvalue weighted by Crippen LogP contribution is -2.31. The van der Waals surface area contributed by atoms with Crippen molar-refractivity contribution in [1.82, 2.24) is 0 Å². The Hall–Kier alpha value is -0.680. The van der Waals surface area contributed by atoms with Crippen LogP contribution < -0.4 is 0 Å². The number of carboxylic acids is 1. The van der Waals surface area contributed by atoms with Crippen LogP contribution in [0.15, 0.2) is 28.7 Å². The molecule has 0 saturated heterocycles. The topological polar surface area (TPSA) is 54.4 Å². The number of rotatable bonds is 5. The highest BCUT2D eigenvalue weighted by Crippen LogP contribution is 2.16. The molecule has 94 valence electrons. The molecule has 0 aromatic heterocycles. The average Bonchev–Trinajstić information content (AvgIpc) is 2.20. The summed E-state index contributed by atoms with van der Waals surface area (Å²) in [6.07, 6.45) is 0. The first-order valence-corrected chi connectivity index (χ1v) is 7.43. The minimum Gasteiger partial charge on any atom is -0.480 e. The van der Waals surface area contributed by atoms with Crippen molar-refractivity contribution in [2.45, 2.75) is 24.9 Å². The summed E-state index contributed by atoms with van der Waals surface area (Å²) in [4.78, 5) is 11.0. The summed E-state index contributed by atoms with van der Waals surface area (Å²) in [5, 5.41) is 8.23. The summed E-state index contributed by atoms with van der Waals surface area (Å²) in [7, 11) is -1.39. The third-order valence-electron chi connectivity index (χ3n) is 2.35. The van der Waals surface area contributed by atoms with E-state index in [9.17, 15) is 9.00 Å². The van der Waals surface area contributed by atoms with E-state index in [1.165, 1.54) is 0 Å². The Kier molecular flexibility index (Phi) is 5.33. The lowest BCUT2D eigenvalue weighted by Gasteiger charge is -2.15. The fourth-order valence-corrected chi connectivity index (χ4v) is 3.33. The standard InChI is InChI=1S/C12H15BrO3S/c1-8(2)11(12(14)15)17(16)7-9-3-5-10(13)6-4-9/h3-6,8,11H,7H2,1-2H3,(H,14,15). The van der Waals surface area contributed by atoms with Crippen molar-refractivity contribution < 1.29 is 14.1 Å². The van der Waals surface area contributed by atoms with Crippen molar-refractivity contribution in [2.24, 2.45) is 5.92 Å². The maximum atomic E-state index is 12.0. The van der Waals surface area contributed by atoms with Crippen LogP contribution in [0.5, 0.6) is 0 Å². The molecule has 0 aliphatic rings. The summed E-state index contributed by atoms with van der Waals surface area (Å²) >= 11 is 3.32. The van der Waals surface area contributed by atoms with Crippen LogP contribution in [0.25, 0.3) is 0 Å². The number of carboxylic acid groups (broad SMARTS) is 1. The van der Waals surface area contributed by atoms with Gasteiger partial charge in [-0.1, -0.05) is 41.9 Å². The van der Waals surface area contributed by atoms with Crippen molar-refractivity contribution in [3.8, 4) is 0 Å². The normalized spacial score (nSPS) is 14.6. The van der Waals surface area contributed by atoms with Gasteiger partial charge in [-0.25, -0.2) is 0 Å². The number of carbonyl (C=O) groups is 1. The molecular formula is C12H15BrO3S. The summed E-state index contributed by atoms with van der Waals surface area (Å²) in [6, 6.07) is 7.41. The van der Waals surface area contributed by atoms with E-state index in [-0.39, 0.29) is 11.7 Å². The summed E-state index contributed by atoms with van der Waals surface area (Å²) in [5.74, 6) is -0.846. The summed E-state index contributed by atoms with van der Waals surface area (Å²) < 4.78 is 12.9. The molecule has 17 heavy (non-hydrogen) atoms. The van der Waals surface area contributed by atoms with E-state index in [2.05, 4.69) is 15.9 Å². The lowest BCUT2D eigenvalue weighted by atomic mass is 10.1. The Morgan fingerprint density at radius 3 is 2.29 bits per heavy atom. The molecule has 1 aromatic rings. The molecule has 0 heterocycles. The van der Waals surface area contributed by atoms with Crippen molar-refractivity contribution in [1.29, 1.82) is 0 Å². The molecule has 1 N–H and O–H groups in total. The quantitative estimate of drug-likeness (QED) is 0.908. The van der Waals surface area contributed by atoms with Crippen LogP contribution in [0, 0.1) is 5.92 Å². The van der Waals surface area contributed by atoms with Gasteiger partial charge in [0.15, 0.2) is 0 Å². The van der Waals surface area contributed by atoms with E-state index in [0.29, 0.717) is 0 Å². The molecule has 1 aromatic carbocycles. The molecule has 1 rings (SSSR count). The third-order valence-corrected chi connectivity index (χ3v) is 4.81. The maximum absolute atomic E-state index is 12.0. The first-order valence-electron chi connectivity index (χ1n) is 5.26. The van der Waals surface area contributed by atoms with Crippen LogP contribution in [0.3, 0.4) is 0 Å². The van der Waals surface area contributed by atoms with Crippen LogP contribution in [0.4, 0.5) is 0 Å². The number of aliphatic carboxylic acids is 1. The number of hydrogen-bond acceptors (Lipinski definition) is 2. The van der Waals surface area contributed by atoms with Crippen LogP contribution in [-0.4, -0.2) is 20.5 Å². The Morgan fingerprint density at radius 2 is 1.88 bits per heavy atom. The summed E-state index contributed by atoms with van der Waals surface area (Å²) in [6.45, 7) is 3.55. The second-order valence-electron chi connectivity index (χ2n) is 4.15. The highest BCUT2D eigenvalue weighted by molar-refractivity contribution is 9.10. The molecule has 0 bridgehead atoms. The van der Waals surface area contributed by atoms with Gasteiger partial charge in [-0.05, 0) is 23.6 Å². The minimum atomic E-state index is -1.39. The Morgan fingerprint density at radius 1 is 1.35 bits per heavy atom. The van der Waals surface area contributed by atoms with Gasteiger partial charge in [0, 0.05) is 21.0 Å². The second kappa shape index (κ2) is 6.31. The Labute approximate surface area is 112 Å². The minimum absolute atomic E-state index is 0.135. The molecule has 0 aliphatic carbocycles. The first-order chi connectivity index (χ1) is 7.91. The molecule has 0 spiro atoms. The molecular weight excluding hydrogens is 304 g/mol. The average molecular weight is 319 g/mol. The molecule has 0 amide bonds. The van der Waals surface area contributed by atoms with Crippen LogP contribution in [0.2, 0.25) is 0 Å². The predicted octanol–water partition coefficient (Wildman–Crippen LogP) is 2.81. The largest absolute Gasteiger partial charge is 0.480 e. The van der Waals surface area contributed by atoms with E-state index in [1.54, 1.807) is 13.8 Å². The molecule has 2 atom stereocenters. The van der Waals surface area contributed by atoms with Crippen molar-refractivity contribution >= 4 is 32.7 Å². The number of halogens is 1. The van der Waals surface area contributed by atoms with Crippen LogP contribution in [0.1, 0.15) is 19.4 Å². The highest BCUT2D eigenvalue weighted by atomic mass is 79.9. The lowest BCUT2D eigenvalue weighted by molar-refractivity contribution is -0.137. The second-order valence-corrected chi connectivity index (χ2v) is 6.63. The van der Waals surface area contributed by atoms with Gasteiger partial charge >= 0.3 is 5.97 Å². The first kappa shape index (κ1) is 14.4. The van der Waals surface area contributed by atoms with Gasteiger partial charge < -0.3 is 5.11 Å². The van der Waals surface area contributed by atoms with Crippen molar-refractivity contribution in [2.75, 3.05) is 0 Å². The molecule has 3 nitrogen and oxygen atoms in total. The van der Waals surface area contributed by atoms with E-state index < -0.39 is 22.0 Å². The van der Waals surface area contributed by atoms with Crippen molar-refractivity contribution in [3.63, 3.8) is 0 Å².